The van der Waals surface area contributed by atoms with Gasteiger partial charge in [0.1, 0.15) is 6.33 Å². The number of rotatable bonds is 1. The molecule has 0 aliphatic rings. The second-order valence-corrected chi connectivity index (χ2v) is 3.95. The van der Waals surface area contributed by atoms with Crippen LogP contribution in [-0.2, 0) is 0 Å². The van der Waals surface area contributed by atoms with Crippen LogP contribution in [0.5, 0.6) is 0 Å². The van der Waals surface area contributed by atoms with Gasteiger partial charge in [-0.3, -0.25) is 4.98 Å². The molecule has 0 saturated carbocycles. The fraction of sp³-hybridized carbons (Fsp3) is 0. The van der Waals surface area contributed by atoms with E-state index in [1.807, 2.05) is 6.07 Å². The molecule has 3 rings (SSSR count). The van der Waals surface area contributed by atoms with E-state index in [1.165, 1.54) is 6.33 Å². The van der Waals surface area contributed by atoms with E-state index in [0.717, 1.165) is 22.3 Å². The van der Waals surface area contributed by atoms with Gasteiger partial charge in [0.2, 0.25) is 0 Å². The van der Waals surface area contributed by atoms with E-state index in [-0.39, 0.29) is 0 Å². The fourth-order valence-electron chi connectivity index (χ4n) is 1.56. The second kappa shape index (κ2) is 4.07. The summed E-state index contributed by atoms with van der Waals surface area (Å²) in [5.74, 6) is 0. The number of nitrogens with zero attached hydrogens (tertiary/aromatic N) is 4. The number of hydrogen-bond donors (Lipinski definition) is 0. The Kier molecular flexibility index (Phi) is 2.42. The van der Waals surface area contributed by atoms with Crippen LogP contribution in [0.15, 0.2) is 43.1 Å². The number of hydrogen-bond acceptors (Lipinski definition) is 4. The maximum absolute atomic E-state index is 5.92. The zero-order valence-corrected chi connectivity index (χ0v) is 9.46. The van der Waals surface area contributed by atoms with Crippen molar-refractivity contribution in [1.82, 2.24) is 19.9 Å². The molecule has 0 unspecified atom stereocenters. The van der Waals surface area contributed by atoms with Crippen LogP contribution in [0.25, 0.3) is 22.3 Å². The normalized spacial score (nSPS) is 10.6. The van der Waals surface area contributed by atoms with Gasteiger partial charge in [-0.15, -0.1) is 0 Å². The first-order chi connectivity index (χ1) is 8.33. The van der Waals surface area contributed by atoms with E-state index < -0.39 is 0 Å². The van der Waals surface area contributed by atoms with E-state index in [9.17, 15) is 0 Å². The Morgan fingerprint density at radius 3 is 2.59 bits per heavy atom. The summed E-state index contributed by atoms with van der Waals surface area (Å²) >= 11 is 5.92. The number of halogens is 1. The Hall–Kier alpha value is -2.07. The SMILES string of the molecule is Clc1ccc2ncc(-c3cncnc3)nc2c1. The molecule has 0 radical (unpaired) electrons. The van der Waals surface area contributed by atoms with Crippen LogP contribution in [0.1, 0.15) is 0 Å². The summed E-state index contributed by atoms with van der Waals surface area (Å²) in [6, 6.07) is 5.43. The number of fused-ring (bicyclic) bond motifs is 1. The minimum atomic E-state index is 0.647. The van der Waals surface area contributed by atoms with Crippen molar-refractivity contribution in [2.24, 2.45) is 0 Å². The molecule has 0 aliphatic carbocycles. The van der Waals surface area contributed by atoms with Crippen molar-refractivity contribution in [2.45, 2.75) is 0 Å². The molecular formula is C12H7ClN4. The highest BCUT2D eigenvalue weighted by Gasteiger charge is 2.03. The average molecular weight is 243 g/mol. The molecule has 0 spiro atoms. The number of aromatic nitrogens is 4. The van der Waals surface area contributed by atoms with E-state index in [1.54, 1.807) is 30.7 Å². The Bertz CT molecular complexity index is 670. The molecule has 0 N–H and O–H groups in total. The van der Waals surface area contributed by atoms with Gasteiger partial charge in [-0.2, -0.15) is 0 Å². The molecule has 5 heteroatoms. The third-order valence-corrected chi connectivity index (χ3v) is 2.60. The van der Waals surface area contributed by atoms with Crippen LogP contribution in [-0.4, -0.2) is 19.9 Å². The maximum Gasteiger partial charge on any atom is 0.115 e. The third-order valence-electron chi connectivity index (χ3n) is 2.36. The molecule has 0 aliphatic heterocycles. The molecule has 0 atom stereocenters. The summed E-state index contributed by atoms with van der Waals surface area (Å²) in [7, 11) is 0. The average Bonchev–Trinajstić information content (AvgIpc) is 2.39. The Morgan fingerprint density at radius 1 is 0.941 bits per heavy atom. The van der Waals surface area contributed by atoms with Gasteiger partial charge in [0.15, 0.2) is 0 Å². The predicted octanol–water partition coefficient (Wildman–Crippen LogP) is 2.74. The highest BCUT2D eigenvalue weighted by molar-refractivity contribution is 6.31. The van der Waals surface area contributed by atoms with Crippen molar-refractivity contribution in [3.8, 4) is 11.3 Å². The molecule has 2 aromatic heterocycles. The molecule has 4 nitrogen and oxygen atoms in total. The van der Waals surface area contributed by atoms with Crippen LogP contribution >= 0.6 is 11.6 Å². The molecule has 2 heterocycles. The largest absolute Gasteiger partial charge is 0.252 e. The fourth-order valence-corrected chi connectivity index (χ4v) is 1.72. The summed E-state index contributed by atoms with van der Waals surface area (Å²) in [5.41, 5.74) is 3.15. The van der Waals surface area contributed by atoms with Crippen LogP contribution in [0.4, 0.5) is 0 Å². The van der Waals surface area contributed by atoms with Crippen molar-refractivity contribution in [1.29, 1.82) is 0 Å². The molecule has 0 amide bonds. The van der Waals surface area contributed by atoms with Gasteiger partial charge in [-0.25, -0.2) is 15.0 Å². The maximum atomic E-state index is 5.92. The lowest BCUT2D eigenvalue weighted by Gasteiger charge is -2.01. The van der Waals surface area contributed by atoms with Gasteiger partial charge >= 0.3 is 0 Å². The van der Waals surface area contributed by atoms with Crippen molar-refractivity contribution in [3.05, 3.63) is 48.1 Å². The standard InChI is InChI=1S/C12H7ClN4/c13-9-1-2-10-11(3-9)17-12(6-16-10)8-4-14-7-15-5-8/h1-7H. The van der Waals surface area contributed by atoms with Crippen LogP contribution < -0.4 is 0 Å². The molecule has 82 valence electrons. The van der Waals surface area contributed by atoms with Crippen LogP contribution in [0.2, 0.25) is 5.02 Å². The first-order valence-corrected chi connectivity index (χ1v) is 5.38. The minimum absolute atomic E-state index is 0.647. The van der Waals surface area contributed by atoms with Gasteiger partial charge in [0.05, 0.1) is 22.9 Å². The summed E-state index contributed by atoms with van der Waals surface area (Å²) in [6.07, 6.45) is 6.59. The second-order valence-electron chi connectivity index (χ2n) is 3.52. The van der Waals surface area contributed by atoms with Gasteiger partial charge in [0, 0.05) is 23.0 Å². The Labute approximate surface area is 102 Å². The topological polar surface area (TPSA) is 51.6 Å². The molecule has 0 fully saturated rings. The van der Waals surface area contributed by atoms with Crippen LogP contribution in [0, 0.1) is 0 Å². The van der Waals surface area contributed by atoms with Gasteiger partial charge in [-0.1, -0.05) is 11.6 Å². The van der Waals surface area contributed by atoms with E-state index in [2.05, 4.69) is 19.9 Å². The zero-order chi connectivity index (χ0) is 11.7. The lowest BCUT2D eigenvalue weighted by atomic mass is 10.2. The van der Waals surface area contributed by atoms with Crippen molar-refractivity contribution in [3.63, 3.8) is 0 Å². The van der Waals surface area contributed by atoms with E-state index in [0.29, 0.717) is 5.02 Å². The summed E-state index contributed by atoms with van der Waals surface area (Å²) < 4.78 is 0. The van der Waals surface area contributed by atoms with Crippen molar-refractivity contribution < 1.29 is 0 Å². The minimum Gasteiger partial charge on any atom is -0.252 e. The van der Waals surface area contributed by atoms with Gasteiger partial charge in [-0.05, 0) is 18.2 Å². The lowest BCUT2D eigenvalue weighted by Crippen LogP contribution is -1.89. The summed E-state index contributed by atoms with van der Waals surface area (Å²) in [6.45, 7) is 0. The highest BCUT2D eigenvalue weighted by Crippen LogP contribution is 2.20. The third kappa shape index (κ3) is 1.94. The van der Waals surface area contributed by atoms with E-state index >= 15 is 0 Å². The lowest BCUT2D eigenvalue weighted by molar-refractivity contribution is 1.16. The predicted molar refractivity (Wildman–Crippen MR) is 65.6 cm³/mol. The number of benzene rings is 1. The smallest absolute Gasteiger partial charge is 0.115 e. The molecular weight excluding hydrogens is 236 g/mol. The van der Waals surface area contributed by atoms with Gasteiger partial charge in [0.25, 0.3) is 0 Å². The molecule has 0 saturated heterocycles. The molecule has 17 heavy (non-hydrogen) atoms. The molecule has 1 aromatic carbocycles. The van der Waals surface area contributed by atoms with Gasteiger partial charge < -0.3 is 0 Å². The molecule has 0 bridgehead atoms. The molecule has 3 aromatic rings. The summed E-state index contributed by atoms with van der Waals surface area (Å²) in [4.78, 5) is 16.7. The van der Waals surface area contributed by atoms with Crippen LogP contribution in [0.3, 0.4) is 0 Å². The first kappa shape index (κ1) is 10.1. The Balaban J connectivity index is 2.19. The zero-order valence-electron chi connectivity index (χ0n) is 8.71. The quantitative estimate of drug-likeness (QED) is 0.658. The first-order valence-electron chi connectivity index (χ1n) is 5.00. The highest BCUT2D eigenvalue weighted by atomic mass is 35.5. The monoisotopic (exact) mass is 242 g/mol. The van der Waals surface area contributed by atoms with Crippen molar-refractivity contribution in [2.75, 3.05) is 0 Å². The van der Waals surface area contributed by atoms with Crippen molar-refractivity contribution >= 4 is 22.6 Å². The van der Waals surface area contributed by atoms with E-state index in [4.69, 9.17) is 11.6 Å². The summed E-state index contributed by atoms with van der Waals surface area (Å²) in [5, 5.41) is 0.647. The Morgan fingerprint density at radius 2 is 1.76 bits per heavy atom.